The zero-order valence-electron chi connectivity index (χ0n) is 9.45. The molecule has 1 aliphatic heterocycles. The standard InChI is InChI=1S/C10H11F3N2O2S/c1-10(14)4-15(5-10)18(16,17)9-7(12)2-6(11)3-8(9)13/h2-3H,4-5,14H2,1H3. The highest BCUT2D eigenvalue weighted by Gasteiger charge is 2.44. The summed E-state index contributed by atoms with van der Waals surface area (Å²) in [5.41, 5.74) is 4.93. The summed E-state index contributed by atoms with van der Waals surface area (Å²) >= 11 is 0. The molecule has 2 rings (SSSR count). The van der Waals surface area contributed by atoms with Crippen LogP contribution in [0.15, 0.2) is 17.0 Å². The molecule has 0 atom stereocenters. The van der Waals surface area contributed by atoms with Gasteiger partial charge in [-0.05, 0) is 6.92 Å². The summed E-state index contributed by atoms with van der Waals surface area (Å²) in [6.07, 6.45) is 0. The fourth-order valence-electron chi connectivity index (χ4n) is 1.83. The Morgan fingerprint density at radius 1 is 1.22 bits per heavy atom. The van der Waals surface area contributed by atoms with E-state index in [0.717, 1.165) is 4.31 Å². The van der Waals surface area contributed by atoms with Crippen LogP contribution in [0, 0.1) is 17.5 Å². The van der Waals surface area contributed by atoms with E-state index in [2.05, 4.69) is 0 Å². The van der Waals surface area contributed by atoms with Crippen molar-refractivity contribution in [3.8, 4) is 0 Å². The summed E-state index contributed by atoms with van der Waals surface area (Å²) in [6, 6.07) is 0.661. The summed E-state index contributed by atoms with van der Waals surface area (Å²) in [6.45, 7) is 1.55. The first kappa shape index (κ1) is 13.3. The fourth-order valence-corrected chi connectivity index (χ4v) is 3.63. The third-order valence-corrected chi connectivity index (χ3v) is 4.48. The topological polar surface area (TPSA) is 63.4 Å². The molecule has 18 heavy (non-hydrogen) atoms. The first-order valence-electron chi connectivity index (χ1n) is 5.07. The van der Waals surface area contributed by atoms with Crippen molar-refractivity contribution >= 4 is 10.0 Å². The molecule has 1 aliphatic rings. The van der Waals surface area contributed by atoms with Crippen LogP contribution in [0.4, 0.5) is 13.2 Å². The predicted octanol–water partition coefficient (Wildman–Crippen LogP) is 0.826. The number of sulfonamides is 1. The summed E-state index contributed by atoms with van der Waals surface area (Å²) in [4.78, 5) is -1.14. The van der Waals surface area contributed by atoms with E-state index in [9.17, 15) is 21.6 Å². The molecule has 0 radical (unpaired) electrons. The molecule has 0 aromatic heterocycles. The molecule has 0 unspecified atom stereocenters. The lowest BCUT2D eigenvalue weighted by Crippen LogP contribution is -2.66. The molecule has 0 amide bonds. The normalized spacial score (nSPS) is 19.6. The lowest BCUT2D eigenvalue weighted by Gasteiger charge is -2.44. The number of hydrogen-bond acceptors (Lipinski definition) is 3. The van der Waals surface area contributed by atoms with Crippen LogP contribution >= 0.6 is 0 Å². The second-order valence-corrected chi connectivity index (χ2v) is 6.50. The Balaban J connectivity index is 2.44. The second-order valence-electron chi connectivity index (χ2n) is 4.63. The molecule has 1 aromatic rings. The van der Waals surface area contributed by atoms with Gasteiger partial charge in [0.25, 0.3) is 0 Å². The first-order valence-corrected chi connectivity index (χ1v) is 6.51. The Morgan fingerprint density at radius 3 is 2.06 bits per heavy atom. The van der Waals surface area contributed by atoms with Gasteiger partial charge in [0.15, 0.2) is 4.90 Å². The van der Waals surface area contributed by atoms with Gasteiger partial charge in [-0.3, -0.25) is 0 Å². The maximum absolute atomic E-state index is 13.4. The van der Waals surface area contributed by atoms with Gasteiger partial charge in [-0.15, -0.1) is 0 Å². The minimum absolute atomic E-state index is 0.0361. The van der Waals surface area contributed by atoms with Crippen LogP contribution in [-0.4, -0.2) is 31.4 Å². The van der Waals surface area contributed by atoms with Gasteiger partial charge in [-0.1, -0.05) is 0 Å². The molecule has 8 heteroatoms. The van der Waals surface area contributed by atoms with Crippen molar-refractivity contribution < 1.29 is 21.6 Å². The van der Waals surface area contributed by atoms with E-state index >= 15 is 0 Å². The van der Waals surface area contributed by atoms with E-state index in [1.165, 1.54) is 0 Å². The third kappa shape index (κ3) is 2.11. The minimum Gasteiger partial charge on any atom is -0.323 e. The van der Waals surface area contributed by atoms with Crippen molar-refractivity contribution in [2.24, 2.45) is 5.73 Å². The molecule has 0 spiro atoms. The van der Waals surface area contributed by atoms with Gasteiger partial charge in [-0.2, -0.15) is 4.31 Å². The summed E-state index contributed by atoms with van der Waals surface area (Å²) in [5, 5.41) is 0. The van der Waals surface area contributed by atoms with Gasteiger partial charge in [0.2, 0.25) is 10.0 Å². The quantitative estimate of drug-likeness (QED) is 0.872. The Labute approximate surface area is 102 Å². The molecule has 1 fully saturated rings. The number of rotatable bonds is 2. The van der Waals surface area contributed by atoms with Crippen LogP contribution in [0.25, 0.3) is 0 Å². The summed E-state index contributed by atoms with van der Waals surface area (Å²) < 4.78 is 64.2. The van der Waals surface area contributed by atoms with Gasteiger partial charge in [0.05, 0.1) is 0 Å². The van der Waals surface area contributed by atoms with Crippen LogP contribution in [-0.2, 0) is 10.0 Å². The Kier molecular flexibility index (Phi) is 2.91. The SMILES string of the molecule is CC1(N)CN(S(=O)(=O)c2c(F)cc(F)cc2F)C1. The molecule has 100 valence electrons. The van der Waals surface area contributed by atoms with Crippen molar-refractivity contribution in [2.45, 2.75) is 17.4 Å². The molecule has 0 saturated carbocycles. The number of halogens is 3. The van der Waals surface area contributed by atoms with Gasteiger partial charge >= 0.3 is 0 Å². The minimum atomic E-state index is -4.31. The first-order chi connectivity index (χ1) is 8.13. The molecule has 0 aliphatic carbocycles. The predicted molar refractivity (Wildman–Crippen MR) is 57.7 cm³/mol. The average Bonchev–Trinajstić information content (AvgIpc) is 2.11. The lowest BCUT2D eigenvalue weighted by molar-refractivity contribution is 0.175. The van der Waals surface area contributed by atoms with E-state index in [-0.39, 0.29) is 13.1 Å². The van der Waals surface area contributed by atoms with Crippen molar-refractivity contribution in [2.75, 3.05) is 13.1 Å². The van der Waals surface area contributed by atoms with Crippen molar-refractivity contribution in [3.05, 3.63) is 29.6 Å². The smallest absolute Gasteiger partial charge is 0.249 e. The molecule has 1 aromatic carbocycles. The van der Waals surface area contributed by atoms with E-state index in [1.54, 1.807) is 6.92 Å². The largest absolute Gasteiger partial charge is 0.323 e. The highest BCUT2D eigenvalue weighted by Crippen LogP contribution is 2.29. The van der Waals surface area contributed by atoms with Crippen LogP contribution in [0.1, 0.15) is 6.92 Å². The Bertz CT molecular complexity index is 570. The highest BCUT2D eigenvalue weighted by molar-refractivity contribution is 7.89. The lowest BCUT2D eigenvalue weighted by atomic mass is 9.97. The van der Waals surface area contributed by atoms with Crippen LogP contribution < -0.4 is 5.73 Å². The zero-order chi connectivity index (χ0) is 13.7. The van der Waals surface area contributed by atoms with Crippen molar-refractivity contribution in [3.63, 3.8) is 0 Å². The van der Waals surface area contributed by atoms with E-state index in [1.807, 2.05) is 0 Å². The van der Waals surface area contributed by atoms with E-state index in [0.29, 0.717) is 12.1 Å². The fraction of sp³-hybridized carbons (Fsp3) is 0.400. The molecule has 2 N–H and O–H groups in total. The highest BCUT2D eigenvalue weighted by atomic mass is 32.2. The maximum atomic E-state index is 13.4. The number of benzene rings is 1. The molecule has 1 heterocycles. The molecular formula is C10H11F3N2O2S. The van der Waals surface area contributed by atoms with Gasteiger partial charge in [0, 0.05) is 30.8 Å². The van der Waals surface area contributed by atoms with Crippen LogP contribution in [0.5, 0.6) is 0 Å². The number of nitrogens with zero attached hydrogens (tertiary/aromatic N) is 1. The Morgan fingerprint density at radius 2 is 1.67 bits per heavy atom. The van der Waals surface area contributed by atoms with Crippen molar-refractivity contribution in [1.82, 2.24) is 4.31 Å². The van der Waals surface area contributed by atoms with E-state index < -0.39 is 37.9 Å². The third-order valence-electron chi connectivity index (χ3n) is 2.64. The Hall–Kier alpha value is -1.12. The maximum Gasteiger partial charge on any atom is 0.249 e. The van der Waals surface area contributed by atoms with Gasteiger partial charge in [-0.25, -0.2) is 21.6 Å². The molecular weight excluding hydrogens is 269 g/mol. The van der Waals surface area contributed by atoms with Gasteiger partial charge < -0.3 is 5.73 Å². The van der Waals surface area contributed by atoms with E-state index in [4.69, 9.17) is 5.73 Å². The summed E-state index contributed by atoms with van der Waals surface area (Å²) in [5.74, 6) is -4.06. The van der Waals surface area contributed by atoms with Crippen molar-refractivity contribution in [1.29, 1.82) is 0 Å². The average molecular weight is 280 g/mol. The summed E-state index contributed by atoms with van der Waals surface area (Å²) in [7, 11) is -4.31. The second kappa shape index (κ2) is 3.94. The van der Waals surface area contributed by atoms with Gasteiger partial charge in [0.1, 0.15) is 17.5 Å². The zero-order valence-corrected chi connectivity index (χ0v) is 10.3. The molecule has 4 nitrogen and oxygen atoms in total. The van der Waals surface area contributed by atoms with Crippen LogP contribution in [0.2, 0.25) is 0 Å². The molecule has 1 saturated heterocycles. The monoisotopic (exact) mass is 280 g/mol. The van der Waals surface area contributed by atoms with Crippen LogP contribution in [0.3, 0.4) is 0 Å². The number of hydrogen-bond donors (Lipinski definition) is 1. The number of nitrogens with two attached hydrogens (primary N) is 1. The molecule has 0 bridgehead atoms.